The fourth-order valence-electron chi connectivity index (χ4n) is 2.01. The molecular formula is C16H18N4O. The lowest BCUT2D eigenvalue weighted by molar-refractivity contribution is 0.0785. The Morgan fingerprint density at radius 1 is 1.48 bits per heavy atom. The summed E-state index contributed by atoms with van der Waals surface area (Å²) in [5.74, 6) is 5.78. The Hall–Kier alpha value is -2.58. The third-order valence-corrected chi connectivity index (χ3v) is 3.12. The Kier molecular flexibility index (Phi) is 4.75. The highest BCUT2D eigenvalue weighted by Crippen LogP contribution is 2.13. The molecule has 1 aromatic carbocycles. The Bertz CT molecular complexity index is 680. The van der Waals surface area contributed by atoms with E-state index in [-0.39, 0.29) is 5.91 Å². The van der Waals surface area contributed by atoms with Crippen LogP contribution in [0.25, 0.3) is 0 Å². The normalized spacial score (nSPS) is 9.86. The topological polar surface area (TPSA) is 75.0 Å². The molecule has 0 saturated heterocycles. The quantitative estimate of drug-likeness (QED) is 0.833. The van der Waals surface area contributed by atoms with Gasteiger partial charge in [-0.2, -0.15) is 5.10 Å². The molecule has 1 heterocycles. The number of aromatic nitrogens is 2. The van der Waals surface area contributed by atoms with Crippen LogP contribution in [0.3, 0.4) is 0 Å². The Morgan fingerprint density at radius 2 is 2.29 bits per heavy atom. The molecule has 0 fully saturated rings. The predicted octanol–water partition coefficient (Wildman–Crippen LogP) is 1.30. The Labute approximate surface area is 124 Å². The lowest BCUT2D eigenvalue weighted by atomic mass is 10.0. The first-order valence-electron chi connectivity index (χ1n) is 6.64. The van der Waals surface area contributed by atoms with Gasteiger partial charge in [0.2, 0.25) is 0 Å². The summed E-state index contributed by atoms with van der Waals surface area (Å²) < 4.78 is 0. The maximum absolute atomic E-state index is 12.4. The maximum atomic E-state index is 12.4. The van der Waals surface area contributed by atoms with Gasteiger partial charge in [-0.3, -0.25) is 9.89 Å². The molecule has 2 aromatic rings. The van der Waals surface area contributed by atoms with Gasteiger partial charge in [-0.05, 0) is 30.7 Å². The summed E-state index contributed by atoms with van der Waals surface area (Å²) in [5.41, 5.74) is 8.85. The molecular weight excluding hydrogens is 264 g/mol. The van der Waals surface area contributed by atoms with Crippen molar-refractivity contribution in [1.29, 1.82) is 0 Å². The van der Waals surface area contributed by atoms with Gasteiger partial charge in [-0.1, -0.05) is 11.8 Å². The average Bonchev–Trinajstić information content (AvgIpc) is 2.98. The minimum Gasteiger partial charge on any atom is -0.337 e. The molecule has 0 aliphatic rings. The summed E-state index contributed by atoms with van der Waals surface area (Å²) in [4.78, 5) is 14.0. The van der Waals surface area contributed by atoms with E-state index in [9.17, 15) is 4.79 Å². The van der Waals surface area contributed by atoms with E-state index >= 15 is 0 Å². The summed E-state index contributed by atoms with van der Waals surface area (Å²) >= 11 is 0. The lowest BCUT2D eigenvalue weighted by Crippen LogP contribution is -2.26. The van der Waals surface area contributed by atoms with Gasteiger partial charge in [0.25, 0.3) is 5.91 Å². The number of benzene rings is 1. The van der Waals surface area contributed by atoms with E-state index in [4.69, 9.17) is 5.73 Å². The zero-order chi connectivity index (χ0) is 15.2. The molecule has 0 aliphatic heterocycles. The molecule has 108 valence electrons. The van der Waals surface area contributed by atoms with Gasteiger partial charge in [0, 0.05) is 36.5 Å². The van der Waals surface area contributed by atoms with Crippen molar-refractivity contribution in [3.8, 4) is 11.8 Å². The molecule has 3 N–H and O–H groups in total. The van der Waals surface area contributed by atoms with Gasteiger partial charge in [-0.25, -0.2) is 0 Å². The second-order valence-corrected chi connectivity index (χ2v) is 4.80. The van der Waals surface area contributed by atoms with Gasteiger partial charge in [-0.15, -0.1) is 0 Å². The Balaban J connectivity index is 2.14. The van der Waals surface area contributed by atoms with E-state index in [0.717, 1.165) is 16.7 Å². The third-order valence-electron chi connectivity index (χ3n) is 3.12. The molecule has 5 nitrogen and oxygen atoms in total. The number of nitrogens with zero attached hydrogens (tertiary/aromatic N) is 2. The molecule has 0 spiro atoms. The van der Waals surface area contributed by atoms with Crippen LogP contribution in [0, 0.1) is 18.8 Å². The van der Waals surface area contributed by atoms with Crippen molar-refractivity contribution < 1.29 is 4.79 Å². The van der Waals surface area contributed by atoms with Crippen LogP contribution in [0.15, 0.2) is 30.6 Å². The van der Waals surface area contributed by atoms with Gasteiger partial charge in [0.05, 0.1) is 12.7 Å². The number of hydrogen-bond donors (Lipinski definition) is 2. The number of aryl methyl sites for hydroxylation is 1. The maximum Gasteiger partial charge on any atom is 0.253 e. The van der Waals surface area contributed by atoms with E-state index in [1.165, 1.54) is 0 Å². The second kappa shape index (κ2) is 6.73. The van der Waals surface area contributed by atoms with Crippen LogP contribution in [0.2, 0.25) is 0 Å². The van der Waals surface area contributed by atoms with Crippen LogP contribution < -0.4 is 5.73 Å². The minimum absolute atomic E-state index is 0.0300. The third kappa shape index (κ3) is 3.71. The lowest BCUT2D eigenvalue weighted by Gasteiger charge is -2.16. The zero-order valence-electron chi connectivity index (χ0n) is 12.2. The molecule has 21 heavy (non-hydrogen) atoms. The number of carbonyl (C=O) groups excluding carboxylic acids is 1. The number of nitrogens with one attached hydrogen (secondary N) is 1. The molecule has 0 bridgehead atoms. The zero-order valence-corrected chi connectivity index (χ0v) is 12.2. The van der Waals surface area contributed by atoms with E-state index in [1.807, 2.05) is 19.1 Å². The van der Waals surface area contributed by atoms with Gasteiger partial charge in [0.1, 0.15) is 0 Å². The van der Waals surface area contributed by atoms with Crippen LogP contribution >= 0.6 is 0 Å². The van der Waals surface area contributed by atoms with E-state index in [1.54, 1.807) is 30.4 Å². The van der Waals surface area contributed by atoms with Crippen molar-refractivity contribution in [3.63, 3.8) is 0 Å². The van der Waals surface area contributed by atoms with Crippen molar-refractivity contribution in [1.82, 2.24) is 15.1 Å². The van der Waals surface area contributed by atoms with E-state index in [2.05, 4.69) is 22.0 Å². The highest BCUT2D eigenvalue weighted by Gasteiger charge is 2.13. The van der Waals surface area contributed by atoms with Crippen LogP contribution in [0.5, 0.6) is 0 Å². The molecule has 0 aliphatic carbocycles. The summed E-state index contributed by atoms with van der Waals surface area (Å²) in [7, 11) is 1.77. The monoisotopic (exact) mass is 282 g/mol. The van der Waals surface area contributed by atoms with Crippen LogP contribution in [0.4, 0.5) is 0 Å². The largest absolute Gasteiger partial charge is 0.337 e. The van der Waals surface area contributed by atoms with Crippen LogP contribution in [0.1, 0.15) is 27.0 Å². The molecule has 5 heteroatoms. The minimum atomic E-state index is -0.0300. The fraction of sp³-hybridized carbons (Fsp3) is 0.250. The highest BCUT2D eigenvalue weighted by molar-refractivity contribution is 5.94. The number of H-pyrrole nitrogens is 1. The number of aromatic amines is 1. The van der Waals surface area contributed by atoms with Crippen molar-refractivity contribution in [2.45, 2.75) is 13.5 Å². The predicted molar refractivity (Wildman–Crippen MR) is 81.5 cm³/mol. The first-order valence-corrected chi connectivity index (χ1v) is 6.64. The van der Waals surface area contributed by atoms with Crippen LogP contribution in [-0.2, 0) is 6.54 Å². The summed E-state index contributed by atoms with van der Waals surface area (Å²) in [5, 5.41) is 6.61. The number of nitrogens with two attached hydrogens (primary N) is 1. The van der Waals surface area contributed by atoms with Gasteiger partial charge in [0.15, 0.2) is 0 Å². The van der Waals surface area contributed by atoms with E-state index < -0.39 is 0 Å². The van der Waals surface area contributed by atoms with Gasteiger partial charge >= 0.3 is 0 Å². The number of rotatable bonds is 3. The average molecular weight is 282 g/mol. The summed E-state index contributed by atoms with van der Waals surface area (Å²) in [6.45, 7) is 2.78. The number of hydrogen-bond acceptors (Lipinski definition) is 3. The molecule has 0 atom stereocenters. The van der Waals surface area contributed by atoms with Crippen molar-refractivity contribution >= 4 is 5.91 Å². The van der Waals surface area contributed by atoms with Crippen molar-refractivity contribution in [2.24, 2.45) is 5.73 Å². The summed E-state index contributed by atoms with van der Waals surface area (Å²) in [6.07, 6.45) is 3.49. The smallest absolute Gasteiger partial charge is 0.253 e. The number of carbonyl (C=O) groups is 1. The van der Waals surface area contributed by atoms with Crippen molar-refractivity contribution in [2.75, 3.05) is 13.6 Å². The van der Waals surface area contributed by atoms with Crippen molar-refractivity contribution in [3.05, 3.63) is 52.8 Å². The van der Waals surface area contributed by atoms with Crippen LogP contribution in [-0.4, -0.2) is 34.6 Å². The van der Waals surface area contributed by atoms with E-state index in [0.29, 0.717) is 18.7 Å². The summed E-state index contributed by atoms with van der Waals surface area (Å²) in [6, 6.07) is 5.51. The molecule has 0 radical (unpaired) electrons. The fourth-order valence-corrected chi connectivity index (χ4v) is 2.01. The molecule has 2 rings (SSSR count). The second-order valence-electron chi connectivity index (χ2n) is 4.80. The van der Waals surface area contributed by atoms with Gasteiger partial charge < -0.3 is 10.6 Å². The Morgan fingerprint density at radius 3 is 2.90 bits per heavy atom. The first-order chi connectivity index (χ1) is 10.1. The molecule has 0 saturated carbocycles. The highest BCUT2D eigenvalue weighted by atomic mass is 16.2. The first kappa shape index (κ1) is 14.8. The number of amides is 1. The SMILES string of the molecule is Cc1cc(C(=O)N(C)Cc2cn[nH]c2)ccc1C#CCN. The molecule has 0 unspecified atom stereocenters. The standard InChI is InChI=1S/C16H18N4O/c1-12-8-15(6-5-14(12)4-3-7-17)16(21)20(2)11-13-9-18-19-10-13/h5-6,8-10H,7,11,17H2,1-2H3,(H,18,19). The molecule has 1 aromatic heterocycles. The molecule has 1 amide bonds.